The molecule has 11 heteroatoms. The summed E-state index contributed by atoms with van der Waals surface area (Å²) in [5.74, 6) is -3.33. The van der Waals surface area contributed by atoms with Gasteiger partial charge in [-0.2, -0.15) is 13.2 Å². The summed E-state index contributed by atoms with van der Waals surface area (Å²) in [4.78, 5) is 24.7. The van der Waals surface area contributed by atoms with E-state index in [1.807, 2.05) is 19.9 Å². The van der Waals surface area contributed by atoms with Crippen molar-refractivity contribution in [3.05, 3.63) is 23.0 Å². The topological polar surface area (TPSA) is 89.5 Å². The van der Waals surface area contributed by atoms with Gasteiger partial charge in [0.1, 0.15) is 24.6 Å². The fraction of sp³-hybridized carbons (Fsp3) is 0.778. The van der Waals surface area contributed by atoms with Crippen LogP contribution in [0.1, 0.15) is 52.4 Å². The zero-order valence-electron chi connectivity index (χ0n) is 21.7. The highest BCUT2D eigenvalue weighted by Crippen LogP contribution is 2.72. The smallest absolute Gasteiger partial charge is 0.490 e. The van der Waals surface area contributed by atoms with E-state index in [9.17, 15) is 22.8 Å². The van der Waals surface area contributed by atoms with Crippen LogP contribution in [0.5, 0.6) is 0 Å². The van der Waals surface area contributed by atoms with Crippen LogP contribution >= 0.6 is 0 Å². The molecule has 6 aliphatic rings. The molecular formula is C27H33F3O8. The molecule has 8 nitrogen and oxygen atoms in total. The molecule has 0 aromatic carbocycles. The van der Waals surface area contributed by atoms with Crippen molar-refractivity contribution in [1.29, 1.82) is 0 Å². The molecule has 0 radical (unpaired) electrons. The average Bonchev–Trinajstić information content (AvgIpc) is 3.57. The van der Waals surface area contributed by atoms with E-state index in [2.05, 4.69) is 0 Å². The van der Waals surface area contributed by atoms with Gasteiger partial charge in [0.25, 0.3) is 0 Å². The number of ether oxygens (including phenoxy) is 6. The molecule has 8 atom stereocenters. The molecule has 4 fully saturated rings. The molecule has 6 rings (SSSR count). The summed E-state index contributed by atoms with van der Waals surface area (Å²) in [7, 11) is 1.56. The number of aldehydes is 1. The highest BCUT2D eigenvalue weighted by molar-refractivity contribution is 5.78. The molecule has 4 aliphatic carbocycles. The predicted molar refractivity (Wildman–Crippen MR) is 123 cm³/mol. The van der Waals surface area contributed by atoms with Crippen molar-refractivity contribution in [3.8, 4) is 0 Å². The number of methoxy groups -OCH3 is 1. The second kappa shape index (κ2) is 8.52. The molecule has 0 aromatic rings. The van der Waals surface area contributed by atoms with Gasteiger partial charge in [0, 0.05) is 23.2 Å². The van der Waals surface area contributed by atoms with Gasteiger partial charge in [-0.3, -0.25) is 4.79 Å². The lowest BCUT2D eigenvalue weighted by Gasteiger charge is -2.61. The first-order valence-corrected chi connectivity index (χ1v) is 13.2. The number of alkyl halides is 3. The van der Waals surface area contributed by atoms with Crippen molar-refractivity contribution in [2.45, 2.75) is 76.0 Å². The molecule has 2 spiro atoms. The summed E-state index contributed by atoms with van der Waals surface area (Å²) in [6.45, 7) is 4.11. The zero-order chi connectivity index (χ0) is 27.1. The van der Waals surface area contributed by atoms with Crippen molar-refractivity contribution in [3.63, 3.8) is 0 Å². The Bertz CT molecular complexity index is 1090. The molecule has 38 heavy (non-hydrogen) atoms. The first-order chi connectivity index (χ1) is 17.9. The minimum Gasteiger partial charge on any atom is -0.501 e. The Balaban J connectivity index is 1.49. The normalized spacial score (nSPS) is 46.0. The van der Waals surface area contributed by atoms with Gasteiger partial charge in [0.05, 0.1) is 12.9 Å². The Morgan fingerprint density at radius 2 is 1.92 bits per heavy atom. The van der Waals surface area contributed by atoms with Crippen LogP contribution in [-0.2, 0) is 38.0 Å². The minimum absolute atomic E-state index is 0.0258. The van der Waals surface area contributed by atoms with E-state index >= 15 is 0 Å². The second-order valence-corrected chi connectivity index (χ2v) is 12.0. The van der Waals surface area contributed by atoms with Gasteiger partial charge in [0.15, 0.2) is 13.6 Å². The van der Waals surface area contributed by atoms with Gasteiger partial charge in [-0.25, -0.2) is 4.79 Å². The summed E-state index contributed by atoms with van der Waals surface area (Å²) in [5.41, 5.74) is -1.04. The summed E-state index contributed by atoms with van der Waals surface area (Å²) in [5, 5.41) is 0. The van der Waals surface area contributed by atoms with E-state index in [1.165, 1.54) is 0 Å². The molecule has 2 aliphatic heterocycles. The number of carbonyl (C=O) groups excluding carboxylic acids is 2. The largest absolute Gasteiger partial charge is 0.501 e. The Morgan fingerprint density at radius 3 is 2.58 bits per heavy atom. The van der Waals surface area contributed by atoms with Crippen molar-refractivity contribution in [2.24, 2.45) is 28.6 Å². The molecule has 210 valence electrons. The number of fused-ring (bicyclic) bond motifs is 7. The monoisotopic (exact) mass is 542 g/mol. The third-order valence-electron chi connectivity index (χ3n) is 10.7. The third-order valence-corrected chi connectivity index (χ3v) is 10.7. The number of rotatable bonds is 3. The third kappa shape index (κ3) is 3.31. The number of carbonyl (C=O) groups is 2. The molecule has 2 saturated carbocycles. The number of hydrogen-bond acceptors (Lipinski definition) is 8. The number of halogens is 3. The van der Waals surface area contributed by atoms with E-state index in [1.54, 1.807) is 7.11 Å². The number of allylic oxidation sites excluding steroid dienone is 4. The average molecular weight is 543 g/mol. The SMILES string of the molecule is COC1=CC2=C(C=O)C[C@H]3[C@H]([C@H](OC(=O)C(F)(F)F)C[C@@]4(C)[C@@H]3CC[C@@]43OCO[C@]34COCO4)[C@@]2(C)CC1. The van der Waals surface area contributed by atoms with Crippen LogP contribution in [0.2, 0.25) is 0 Å². The molecule has 0 aromatic heterocycles. The summed E-state index contributed by atoms with van der Waals surface area (Å²) < 4.78 is 75.3. The summed E-state index contributed by atoms with van der Waals surface area (Å²) in [6, 6.07) is 0. The van der Waals surface area contributed by atoms with Crippen LogP contribution < -0.4 is 0 Å². The van der Waals surface area contributed by atoms with Crippen molar-refractivity contribution < 1.29 is 51.2 Å². The quantitative estimate of drug-likeness (QED) is 0.388. The van der Waals surface area contributed by atoms with Crippen molar-refractivity contribution >= 4 is 12.3 Å². The molecule has 0 bridgehead atoms. The van der Waals surface area contributed by atoms with Gasteiger partial charge >= 0.3 is 12.1 Å². The predicted octanol–water partition coefficient (Wildman–Crippen LogP) is 4.19. The van der Waals surface area contributed by atoms with Crippen LogP contribution in [0.25, 0.3) is 0 Å². The maximum absolute atomic E-state index is 13.5. The fourth-order valence-electron chi connectivity index (χ4n) is 9.15. The van der Waals surface area contributed by atoms with Gasteiger partial charge in [0.2, 0.25) is 5.79 Å². The first kappa shape index (κ1) is 26.3. The summed E-state index contributed by atoms with van der Waals surface area (Å²) >= 11 is 0. The van der Waals surface area contributed by atoms with Crippen molar-refractivity contribution in [1.82, 2.24) is 0 Å². The maximum Gasteiger partial charge on any atom is 0.490 e. The Labute approximate surface area is 218 Å². The van der Waals surface area contributed by atoms with Crippen molar-refractivity contribution in [2.75, 3.05) is 27.3 Å². The van der Waals surface area contributed by atoms with Crippen LogP contribution in [0, 0.1) is 28.6 Å². The highest BCUT2D eigenvalue weighted by Gasteiger charge is 2.77. The number of hydrogen-bond donors (Lipinski definition) is 0. The standard InChI is InChI=1S/C27H33F3O8/c1-23-6-4-16(33-3)9-19(23)15(11-31)8-17-18-5-7-25(26(37-14-35-25)12-34-13-36-26)24(18,2)10-20(21(17)23)38-22(32)27(28,29)30/h9,11,17-18,20-21H,4-8,10,12-14H2,1-3H3/t17-,18-,20-,21-,23+,24+,25-,26-/m1/s1. The van der Waals surface area contributed by atoms with Crippen LogP contribution in [0.15, 0.2) is 23.0 Å². The van der Waals surface area contributed by atoms with Gasteiger partial charge in [-0.1, -0.05) is 13.8 Å². The van der Waals surface area contributed by atoms with E-state index in [0.717, 1.165) is 17.6 Å². The van der Waals surface area contributed by atoms with Crippen LogP contribution in [0.3, 0.4) is 0 Å². The molecule has 0 unspecified atom stereocenters. The zero-order valence-corrected chi connectivity index (χ0v) is 21.7. The van der Waals surface area contributed by atoms with Gasteiger partial charge in [-0.05, 0) is 61.2 Å². The van der Waals surface area contributed by atoms with E-state index in [-0.39, 0.29) is 38.4 Å². The lowest BCUT2D eigenvalue weighted by atomic mass is 9.45. The van der Waals surface area contributed by atoms with Gasteiger partial charge in [-0.15, -0.1) is 0 Å². The molecule has 0 amide bonds. The molecule has 0 N–H and O–H groups in total. The Morgan fingerprint density at radius 1 is 1.16 bits per heavy atom. The highest BCUT2D eigenvalue weighted by atomic mass is 19.4. The maximum atomic E-state index is 13.5. The van der Waals surface area contributed by atoms with E-state index in [0.29, 0.717) is 37.7 Å². The van der Waals surface area contributed by atoms with E-state index < -0.39 is 46.4 Å². The Hall–Kier alpha value is -1.95. The molecule has 2 saturated heterocycles. The van der Waals surface area contributed by atoms with E-state index in [4.69, 9.17) is 28.4 Å². The van der Waals surface area contributed by atoms with Crippen LogP contribution in [0.4, 0.5) is 13.2 Å². The summed E-state index contributed by atoms with van der Waals surface area (Å²) in [6.07, 6.45) is -0.558. The fourth-order valence-corrected chi connectivity index (χ4v) is 9.15. The minimum atomic E-state index is -5.13. The second-order valence-electron chi connectivity index (χ2n) is 12.0. The molecular weight excluding hydrogens is 509 g/mol. The van der Waals surface area contributed by atoms with Gasteiger partial charge < -0.3 is 28.4 Å². The lowest BCUT2D eigenvalue weighted by molar-refractivity contribution is -0.262. The Kier molecular flexibility index (Phi) is 5.89. The molecule has 2 heterocycles. The number of esters is 1. The first-order valence-electron chi connectivity index (χ1n) is 13.2. The lowest BCUT2D eigenvalue weighted by Crippen LogP contribution is -2.66. The van der Waals surface area contributed by atoms with Crippen LogP contribution in [-0.4, -0.2) is 63.2 Å².